The molecule has 4 aromatic carbocycles. The first kappa shape index (κ1) is 25.5. The summed E-state index contributed by atoms with van der Waals surface area (Å²) >= 11 is 0. The first-order valence-corrected chi connectivity index (χ1v) is 13.4. The monoisotopic (exact) mass is 559 g/mol. The highest BCUT2D eigenvalue weighted by Crippen LogP contribution is 2.58. The summed E-state index contributed by atoms with van der Waals surface area (Å²) in [6.45, 7) is 0. The van der Waals surface area contributed by atoms with Crippen LogP contribution in [0.2, 0.25) is 0 Å². The molecule has 4 aromatic rings. The molecule has 206 valence electrons. The predicted octanol–water partition coefficient (Wildman–Crippen LogP) is 5.59. The van der Waals surface area contributed by atoms with Crippen molar-refractivity contribution in [2.75, 3.05) is 10.2 Å². The van der Waals surface area contributed by atoms with Crippen molar-refractivity contribution in [3.63, 3.8) is 0 Å². The molecule has 3 aliphatic heterocycles. The van der Waals surface area contributed by atoms with Gasteiger partial charge in [-0.3, -0.25) is 24.5 Å². The minimum atomic E-state index is -1.60. The van der Waals surface area contributed by atoms with E-state index in [9.17, 15) is 24.5 Å². The number of carbonyl (C=O) groups is 3. The van der Waals surface area contributed by atoms with E-state index in [-0.39, 0.29) is 16.8 Å². The highest BCUT2D eigenvalue weighted by Gasteiger charge is 2.70. The van der Waals surface area contributed by atoms with Crippen LogP contribution in [0.25, 0.3) is 6.08 Å². The van der Waals surface area contributed by atoms with Crippen molar-refractivity contribution >= 4 is 40.6 Å². The van der Waals surface area contributed by atoms with E-state index in [4.69, 9.17) is 0 Å². The quantitative estimate of drug-likeness (QED) is 0.194. The fraction of sp³-hybridized carbons (Fsp3) is 0.121. The number of rotatable bonds is 5. The van der Waals surface area contributed by atoms with Crippen LogP contribution in [-0.4, -0.2) is 34.5 Å². The van der Waals surface area contributed by atoms with Gasteiger partial charge in [0.25, 0.3) is 5.69 Å². The Kier molecular flexibility index (Phi) is 5.65. The summed E-state index contributed by atoms with van der Waals surface area (Å²) in [5, 5.41) is 14.5. The van der Waals surface area contributed by atoms with Crippen molar-refractivity contribution < 1.29 is 23.7 Å². The smallest absolute Gasteiger partial charge is 0.270 e. The van der Waals surface area contributed by atoms with E-state index in [0.717, 1.165) is 11.6 Å². The number of carbonyl (C=O) groups excluding carboxylic acids is 3. The van der Waals surface area contributed by atoms with Gasteiger partial charge in [-0.05, 0) is 35.4 Å². The molecule has 4 atom stereocenters. The van der Waals surface area contributed by atoms with Gasteiger partial charge in [0, 0.05) is 29.1 Å². The third kappa shape index (κ3) is 3.43. The molecule has 0 aliphatic carbocycles. The Morgan fingerprint density at radius 1 is 0.905 bits per heavy atom. The van der Waals surface area contributed by atoms with Gasteiger partial charge in [0.15, 0.2) is 11.6 Å². The number of nitrogens with one attached hydrogen (secondary N) is 1. The number of non-ortho nitro benzene ring substituents is 1. The minimum Gasteiger partial charge on any atom is -0.352 e. The normalized spacial score (nSPS) is 23.2. The van der Waals surface area contributed by atoms with Gasteiger partial charge in [0.1, 0.15) is 17.3 Å². The third-order valence-corrected chi connectivity index (χ3v) is 8.57. The van der Waals surface area contributed by atoms with Crippen molar-refractivity contribution in [2.45, 2.75) is 17.5 Å². The zero-order valence-corrected chi connectivity index (χ0v) is 21.9. The molecular formula is C33H22FN3O5. The van der Waals surface area contributed by atoms with E-state index in [1.165, 1.54) is 42.5 Å². The van der Waals surface area contributed by atoms with E-state index >= 15 is 4.39 Å². The molecule has 0 aromatic heterocycles. The molecule has 0 bridgehead atoms. The van der Waals surface area contributed by atoms with Gasteiger partial charge in [-0.2, -0.15) is 0 Å². The maximum atomic E-state index is 15.2. The van der Waals surface area contributed by atoms with Gasteiger partial charge >= 0.3 is 0 Å². The average Bonchev–Trinajstić information content (AvgIpc) is 3.49. The van der Waals surface area contributed by atoms with Gasteiger partial charge in [-0.25, -0.2) is 4.39 Å². The summed E-state index contributed by atoms with van der Waals surface area (Å²) in [7, 11) is 0. The Morgan fingerprint density at radius 3 is 2.45 bits per heavy atom. The molecule has 8 nitrogen and oxygen atoms in total. The number of amides is 1. The lowest BCUT2D eigenvalue weighted by atomic mass is 9.64. The van der Waals surface area contributed by atoms with Gasteiger partial charge < -0.3 is 10.2 Å². The molecule has 3 aliphatic rings. The maximum absolute atomic E-state index is 15.2. The molecule has 1 saturated heterocycles. The molecule has 9 heteroatoms. The van der Waals surface area contributed by atoms with Crippen LogP contribution < -0.4 is 10.2 Å². The van der Waals surface area contributed by atoms with Gasteiger partial charge in [0.2, 0.25) is 5.91 Å². The van der Waals surface area contributed by atoms with Gasteiger partial charge in [-0.1, -0.05) is 72.8 Å². The highest BCUT2D eigenvalue weighted by molar-refractivity contribution is 6.18. The lowest BCUT2D eigenvalue weighted by Gasteiger charge is -2.37. The fourth-order valence-corrected chi connectivity index (χ4v) is 6.89. The number of hydrogen-bond donors (Lipinski definition) is 1. The van der Waals surface area contributed by atoms with E-state index in [0.29, 0.717) is 16.9 Å². The number of Topliss-reactive ketones (excluding diaryl/α,β-unsaturated/α-hetero) is 2. The van der Waals surface area contributed by atoms with Crippen LogP contribution >= 0.6 is 0 Å². The third-order valence-electron chi connectivity index (χ3n) is 8.57. The Balaban J connectivity index is 1.55. The van der Waals surface area contributed by atoms with Crippen molar-refractivity contribution in [3.05, 3.63) is 141 Å². The summed E-state index contributed by atoms with van der Waals surface area (Å²) in [5.74, 6) is -3.88. The Morgan fingerprint density at radius 2 is 1.64 bits per heavy atom. The van der Waals surface area contributed by atoms with Crippen molar-refractivity contribution in [1.29, 1.82) is 0 Å². The summed E-state index contributed by atoms with van der Waals surface area (Å²) in [5.41, 5.74) is 0.281. The molecule has 0 saturated carbocycles. The molecule has 0 radical (unpaired) electrons. The van der Waals surface area contributed by atoms with Crippen LogP contribution in [0.15, 0.2) is 103 Å². The zero-order chi connectivity index (χ0) is 29.2. The Bertz CT molecular complexity index is 1870. The number of para-hydroxylation sites is 2. The first-order chi connectivity index (χ1) is 20.3. The minimum absolute atomic E-state index is 0.0193. The van der Waals surface area contributed by atoms with E-state index in [2.05, 4.69) is 5.32 Å². The van der Waals surface area contributed by atoms with Crippen LogP contribution in [-0.2, 0) is 10.2 Å². The van der Waals surface area contributed by atoms with Crippen LogP contribution in [0.4, 0.5) is 21.5 Å². The molecule has 1 fully saturated rings. The second kappa shape index (κ2) is 9.31. The molecule has 0 unspecified atom stereocenters. The number of ketones is 2. The standard InChI is InChI=1S/C33H22FN3O5/c34-24-13-4-2-11-22(24)31(39)29-28(30(38)20-9-7-10-21(18-20)37(41)42)33(23-12-3-5-14-25(23)35-32(33)40)27-17-16-19-8-1-6-15-26(19)36(27)29/h1-18,27-29H,(H,35,40)/t27-,28-,29+,33+/m1/s1. The van der Waals surface area contributed by atoms with Crippen LogP contribution in [0, 0.1) is 21.8 Å². The summed E-state index contributed by atoms with van der Waals surface area (Å²) in [4.78, 5) is 56.3. The molecule has 1 spiro atoms. The van der Waals surface area contributed by atoms with Crippen LogP contribution in [0.5, 0.6) is 0 Å². The largest absolute Gasteiger partial charge is 0.352 e. The number of hydrogen-bond acceptors (Lipinski definition) is 6. The second-order valence-corrected chi connectivity index (χ2v) is 10.6. The molecule has 1 amide bonds. The summed E-state index contributed by atoms with van der Waals surface area (Å²) in [6.07, 6.45) is 3.67. The van der Waals surface area contributed by atoms with Crippen molar-refractivity contribution in [2.24, 2.45) is 5.92 Å². The van der Waals surface area contributed by atoms with Crippen molar-refractivity contribution in [1.82, 2.24) is 0 Å². The number of anilines is 2. The number of halogens is 1. The number of nitro groups is 1. The SMILES string of the molecule is O=C(c1ccccc1F)[C@@H]1[C@H](C(=O)c2cccc([N+](=O)[O-])c2)[C@@]2(C(=O)Nc3ccccc32)[C@H]2C=Cc3ccccc3N12. The topological polar surface area (TPSA) is 110 Å². The van der Waals surface area contributed by atoms with Gasteiger partial charge in [0.05, 0.1) is 22.4 Å². The molecular weight excluding hydrogens is 537 g/mol. The van der Waals surface area contributed by atoms with Gasteiger partial charge in [-0.15, -0.1) is 0 Å². The van der Waals surface area contributed by atoms with E-state index < -0.39 is 51.6 Å². The van der Waals surface area contributed by atoms with E-state index in [1.807, 2.05) is 24.3 Å². The summed E-state index contributed by atoms with van der Waals surface area (Å²) in [6, 6.07) is 23.0. The summed E-state index contributed by atoms with van der Waals surface area (Å²) < 4.78 is 15.2. The highest BCUT2D eigenvalue weighted by atomic mass is 19.1. The van der Waals surface area contributed by atoms with Crippen molar-refractivity contribution in [3.8, 4) is 0 Å². The molecule has 42 heavy (non-hydrogen) atoms. The first-order valence-electron chi connectivity index (χ1n) is 13.4. The fourth-order valence-electron chi connectivity index (χ4n) is 6.89. The maximum Gasteiger partial charge on any atom is 0.270 e. The molecule has 3 heterocycles. The number of nitrogens with zero attached hydrogens (tertiary/aromatic N) is 2. The zero-order valence-electron chi connectivity index (χ0n) is 21.9. The second-order valence-electron chi connectivity index (χ2n) is 10.6. The Hall–Kier alpha value is -5.44. The Labute approximate surface area is 239 Å². The lowest BCUT2D eigenvalue weighted by molar-refractivity contribution is -0.384. The average molecular weight is 560 g/mol. The molecule has 1 N–H and O–H groups in total. The molecule has 7 rings (SSSR count). The van der Waals surface area contributed by atoms with E-state index in [1.54, 1.807) is 41.3 Å². The lowest BCUT2D eigenvalue weighted by Crippen LogP contribution is -2.51. The predicted molar refractivity (Wildman–Crippen MR) is 154 cm³/mol. The van der Waals surface area contributed by atoms with Crippen LogP contribution in [0.1, 0.15) is 31.8 Å². The number of benzene rings is 4. The van der Waals surface area contributed by atoms with Crippen LogP contribution in [0.3, 0.4) is 0 Å². The number of nitro benzene ring substituents is 1. The number of fused-ring (bicyclic) bond motifs is 6.